The fourth-order valence-electron chi connectivity index (χ4n) is 4.53. The number of hydrogen-bond acceptors (Lipinski definition) is 7. The third kappa shape index (κ3) is 5.76. The van der Waals surface area contributed by atoms with E-state index in [2.05, 4.69) is 22.2 Å². The summed E-state index contributed by atoms with van der Waals surface area (Å²) in [6.45, 7) is 11.7. The number of alkyl carbamates (subject to hydrolysis) is 1. The van der Waals surface area contributed by atoms with Crippen LogP contribution in [0.15, 0.2) is 46.2 Å². The Bertz CT molecular complexity index is 1490. The number of nitrogens with one attached hydrogen (secondary N) is 1. The standard InChI is InChI=1S/C28H34N4O5/c1-16(10-17(2)31-27(34)37-28(4,5)6)14-35-23-12-22-20(11-21(23)24-13-29-15-36-24)19-8-9-30-18(3)25(19)26(33)32(22)7/h8-9,11-13,15-17H,10,14H2,1-7H3,(H,31,34). The minimum absolute atomic E-state index is 0.0946. The van der Waals surface area contributed by atoms with Gasteiger partial charge in [0, 0.05) is 30.7 Å². The number of rotatable bonds is 7. The Morgan fingerprint density at radius 2 is 1.97 bits per heavy atom. The Morgan fingerprint density at radius 1 is 1.22 bits per heavy atom. The van der Waals surface area contributed by atoms with Gasteiger partial charge in [-0.25, -0.2) is 9.78 Å². The highest BCUT2D eigenvalue weighted by atomic mass is 16.6. The number of aryl methyl sites for hydroxylation is 2. The van der Waals surface area contributed by atoms with Gasteiger partial charge in [-0.1, -0.05) is 6.92 Å². The predicted octanol–water partition coefficient (Wildman–Crippen LogP) is 5.37. The van der Waals surface area contributed by atoms with E-state index in [1.807, 2.05) is 52.8 Å². The van der Waals surface area contributed by atoms with Crippen LogP contribution >= 0.6 is 0 Å². The molecule has 2 atom stereocenters. The molecule has 0 saturated heterocycles. The van der Waals surface area contributed by atoms with Crippen molar-refractivity contribution in [3.8, 4) is 17.1 Å². The van der Waals surface area contributed by atoms with Gasteiger partial charge in [0.25, 0.3) is 5.56 Å². The van der Waals surface area contributed by atoms with E-state index in [0.717, 1.165) is 21.9 Å². The van der Waals surface area contributed by atoms with Crippen molar-refractivity contribution in [3.63, 3.8) is 0 Å². The van der Waals surface area contributed by atoms with E-state index < -0.39 is 11.7 Å². The maximum atomic E-state index is 13.2. The Kier molecular flexibility index (Phi) is 7.25. The third-order valence-corrected chi connectivity index (χ3v) is 6.15. The van der Waals surface area contributed by atoms with Crippen molar-refractivity contribution < 1.29 is 18.7 Å². The topological polar surface area (TPSA) is 108 Å². The summed E-state index contributed by atoms with van der Waals surface area (Å²) in [5, 5.41) is 5.19. The molecule has 0 saturated carbocycles. The molecule has 4 aromatic rings. The van der Waals surface area contributed by atoms with Gasteiger partial charge in [0.05, 0.1) is 35.0 Å². The van der Waals surface area contributed by atoms with Gasteiger partial charge < -0.3 is 23.8 Å². The van der Waals surface area contributed by atoms with E-state index in [9.17, 15) is 9.59 Å². The Hall–Kier alpha value is -3.88. The molecule has 9 heteroatoms. The van der Waals surface area contributed by atoms with Crippen LogP contribution in [0.1, 0.15) is 46.7 Å². The molecule has 0 aliphatic heterocycles. The number of amides is 1. The number of aromatic nitrogens is 3. The van der Waals surface area contributed by atoms with Crippen LogP contribution in [0.4, 0.5) is 4.79 Å². The van der Waals surface area contributed by atoms with Crippen LogP contribution in [0.5, 0.6) is 5.75 Å². The zero-order valence-electron chi connectivity index (χ0n) is 22.4. The molecule has 0 bridgehead atoms. The summed E-state index contributed by atoms with van der Waals surface area (Å²) >= 11 is 0. The highest BCUT2D eigenvalue weighted by Gasteiger charge is 2.21. The lowest BCUT2D eigenvalue weighted by molar-refractivity contribution is 0.0500. The number of benzene rings is 1. The normalized spacial score (nSPS) is 13.5. The summed E-state index contributed by atoms with van der Waals surface area (Å²) in [5.74, 6) is 1.28. The molecule has 0 aliphatic rings. The monoisotopic (exact) mass is 506 g/mol. The summed E-state index contributed by atoms with van der Waals surface area (Å²) in [4.78, 5) is 33.6. The van der Waals surface area contributed by atoms with Crippen molar-refractivity contribution in [1.29, 1.82) is 0 Å². The van der Waals surface area contributed by atoms with Gasteiger partial charge in [-0.05, 0) is 64.5 Å². The Balaban J connectivity index is 1.63. The highest BCUT2D eigenvalue weighted by Crippen LogP contribution is 2.36. The van der Waals surface area contributed by atoms with E-state index >= 15 is 0 Å². The number of hydrogen-bond donors (Lipinski definition) is 1. The fraction of sp³-hybridized carbons (Fsp3) is 0.429. The molecule has 0 radical (unpaired) electrons. The number of oxazole rings is 1. The van der Waals surface area contributed by atoms with E-state index in [1.165, 1.54) is 6.39 Å². The maximum absolute atomic E-state index is 13.2. The van der Waals surface area contributed by atoms with Crippen molar-refractivity contribution in [2.24, 2.45) is 13.0 Å². The number of nitrogens with zero attached hydrogens (tertiary/aromatic N) is 3. The first-order valence-electron chi connectivity index (χ1n) is 12.4. The first-order chi connectivity index (χ1) is 17.4. The smallest absolute Gasteiger partial charge is 0.407 e. The summed E-state index contributed by atoms with van der Waals surface area (Å²) in [7, 11) is 1.75. The molecule has 196 valence electrons. The van der Waals surface area contributed by atoms with Crippen LogP contribution in [-0.4, -0.2) is 38.9 Å². The minimum atomic E-state index is -0.549. The van der Waals surface area contributed by atoms with Gasteiger partial charge >= 0.3 is 6.09 Å². The van der Waals surface area contributed by atoms with Crippen LogP contribution in [0.2, 0.25) is 0 Å². The molecular weight excluding hydrogens is 472 g/mol. The molecule has 0 aliphatic carbocycles. The van der Waals surface area contributed by atoms with E-state index in [1.54, 1.807) is 24.0 Å². The first kappa shape index (κ1) is 26.2. The average Bonchev–Trinajstić information content (AvgIpc) is 3.34. The number of carbonyl (C=O) groups is 1. The van der Waals surface area contributed by atoms with E-state index in [4.69, 9.17) is 13.9 Å². The van der Waals surface area contributed by atoms with Gasteiger partial charge in [-0.3, -0.25) is 9.78 Å². The largest absolute Gasteiger partial charge is 0.492 e. The molecule has 3 aromatic heterocycles. The van der Waals surface area contributed by atoms with Gasteiger partial charge in [0.2, 0.25) is 0 Å². The van der Waals surface area contributed by atoms with Crippen molar-refractivity contribution in [1.82, 2.24) is 19.9 Å². The molecule has 37 heavy (non-hydrogen) atoms. The molecule has 3 heterocycles. The average molecular weight is 507 g/mol. The van der Waals surface area contributed by atoms with Crippen LogP contribution in [0.25, 0.3) is 33.0 Å². The number of ether oxygens (including phenoxy) is 2. The lowest BCUT2D eigenvalue weighted by Crippen LogP contribution is -2.38. The van der Waals surface area contributed by atoms with Crippen molar-refractivity contribution >= 4 is 27.8 Å². The van der Waals surface area contributed by atoms with Crippen molar-refractivity contribution in [2.45, 2.75) is 59.6 Å². The minimum Gasteiger partial charge on any atom is -0.492 e. The fourth-order valence-corrected chi connectivity index (χ4v) is 4.53. The molecular formula is C28H34N4O5. The second-order valence-corrected chi connectivity index (χ2v) is 10.6. The highest BCUT2D eigenvalue weighted by molar-refractivity contribution is 6.08. The predicted molar refractivity (Wildman–Crippen MR) is 143 cm³/mol. The van der Waals surface area contributed by atoms with Gasteiger partial charge in [0.15, 0.2) is 12.2 Å². The zero-order valence-corrected chi connectivity index (χ0v) is 22.4. The summed E-state index contributed by atoms with van der Waals surface area (Å²) in [5.41, 5.74) is 1.51. The molecule has 0 spiro atoms. The van der Waals surface area contributed by atoms with Crippen LogP contribution in [0, 0.1) is 12.8 Å². The molecule has 4 rings (SSSR count). The summed E-state index contributed by atoms with van der Waals surface area (Å²) < 4.78 is 18.9. The molecule has 9 nitrogen and oxygen atoms in total. The molecule has 1 amide bonds. The third-order valence-electron chi connectivity index (χ3n) is 6.15. The van der Waals surface area contributed by atoms with E-state index in [-0.39, 0.29) is 17.5 Å². The Morgan fingerprint density at radius 3 is 2.65 bits per heavy atom. The lowest BCUT2D eigenvalue weighted by atomic mass is 10.0. The molecule has 1 aromatic carbocycles. The molecule has 2 unspecified atom stereocenters. The van der Waals surface area contributed by atoms with Crippen molar-refractivity contribution in [2.75, 3.05) is 6.61 Å². The number of fused-ring (bicyclic) bond motifs is 3. The second kappa shape index (κ2) is 10.2. The van der Waals surface area contributed by atoms with Crippen molar-refractivity contribution in [3.05, 3.63) is 53.0 Å². The lowest BCUT2D eigenvalue weighted by Gasteiger charge is -2.23. The van der Waals surface area contributed by atoms with E-state index in [0.29, 0.717) is 35.6 Å². The number of carbonyl (C=O) groups excluding carboxylic acids is 1. The van der Waals surface area contributed by atoms with Gasteiger partial charge in [-0.15, -0.1) is 0 Å². The van der Waals surface area contributed by atoms with Gasteiger partial charge in [0.1, 0.15) is 11.4 Å². The van der Waals surface area contributed by atoms with Crippen LogP contribution < -0.4 is 15.6 Å². The second-order valence-electron chi connectivity index (χ2n) is 10.6. The maximum Gasteiger partial charge on any atom is 0.407 e. The van der Waals surface area contributed by atoms with Gasteiger partial charge in [-0.2, -0.15) is 0 Å². The first-order valence-corrected chi connectivity index (χ1v) is 12.4. The van der Waals surface area contributed by atoms with Crippen LogP contribution in [-0.2, 0) is 11.8 Å². The summed E-state index contributed by atoms with van der Waals surface area (Å²) in [6, 6.07) is 5.61. The number of pyridine rings is 2. The molecule has 0 fully saturated rings. The SMILES string of the molecule is Cc1nccc2c1c(=O)n(C)c1cc(OCC(C)CC(C)NC(=O)OC(C)(C)C)c(-c3cnco3)cc21. The Labute approximate surface area is 215 Å². The van der Waals surface area contributed by atoms with Crippen LogP contribution in [0.3, 0.4) is 0 Å². The quantitative estimate of drug-likeness (QED) is 0.336. The molecule has 1 N–H and O–H groups in total. The zero-order chi connectivity index (χ0) is 26.9. The summed E-state index contributed by atoms with van der Waals surface area (Å²) in [6.07, 6.45) is 4.99.